The number of aliphatic hydroxyl groups excluding tert-OH is 1. The first-order chi connectivity index (χ1) is 9.90. The summed E-state index contributed by atoms with van der Waals surface area (Å²) in [6, 6.07) is 0. The largest absolute Gasteiger partial charge is 0.393 e. The van der Waals surface area contributed by atoms with Gasteiger partial charge in [-0.15, -0.1) is 0 Å². The van der Waals surface area contributed by atoms with Crippen molar-refractivity contribution in [3.05, 3.63) is 27.2 Å². The number of hydrogen-bond donors (Lipinski definition) is 1. The van der Waals surface area contributed by atoms with E-state index in [0.717, 1.165) is 12.8 Å². The van der Waals surface area contributed by atoms with E-state index in [-0.39, 0.29) is 29.1 Å². The van der Waals surface area contributed by atoms with Crippen molar-refractivity contribution in [2.24, 2.45) is 18.9 Å². The Hall–Kier alpha value is -1.69. The van der Waals surface area contributed by atoms with Gasteiger partial charge in [0.25, 0.3) is 11.5 Å². The van der Waals surface area contributed by atoms with Crippen molar-refractivity contribution in [2.75, 3.05) is 13.1 Å². The van der Waals surface area contributed by atoms with E-state index in [9.17, 15) is 14.7 Å². The second kappa shape index (κ2) is 4.94. The molecule has 0 bridgehead atoms. The van der Waals surface area contributed by atoms with Crippen molar-refractivity contribution < 1.29 is 9.90 Å². The first-order valence-electron chi connectivity index (χ1n) is 7.42. The van der Waals surface area contributed by atoms with Crippen LogP contribution in [-0.2, 0) is 7.05 Å². The summed E-state index contributed by atoms with van der Waals surface area (Å²) in [5.74, 6) is 0.317. The maximum Gasteiger partial charge on any atom is 0.279 e. The third-order valence-corrected chi connectivity index (χ3v) is 5.05. The number of nitrogens with zero attached hydrogens (tertiary/aromatic N) is 3. The normalized spacial score (nSPS) is 28.0. The summed E-state index contributed by atoms with van der Waals surface area (Å²) < 4.78 is 1.22. The summed E-state index contributed by atoms with van der Waals surface area (Å²) in [4.78, 5) is 26.7. The van der Waals surface area contributed by atoms with Crippen LogP contribution in [-0.4, -0.2) is 44.9 Å². The number of aryl methyl sites for hydroxylation is 2. The number of aliphatic hydroxyl groups is 1. The molecule has 3 rings (SSSR count). The molecule has 6 nitrogen and oxygen atoms in total. The molecular weight excluding hydrogens is 270 g/mol. The molecule has 1 aliphatic carbocycles. The molecule has 6 heteroatoms. The van der Waals surface area contributed by atoms with E-state index in [0.29, 0.717) is 30.3 Å². The minimum absolute atomic E-state index is 0.168. The molecule has 2 fully saturated rings. The first-order valence-corrected chi connectivity index (χ1v) is 7.42. The Labute approximate surface area is 123 Å². The first kappa shape index (κ1) is 14.3. The number of rotatable bonds is 1. The smallest absolute Gasteiger partial charge is 0.279 e. The van der Waals surface area contributed by atoms with Gasteiger partial charge in [0.2, 0.25) is 0 Å². The van der Waals surface area contributed by atoms with Crippen LogP contribution in [0.3, 0.4) is 0 Å². The van der Waals surface area contributed by atoms with Crippen LogP contribution in [0.15, 0.2) is 4.79 Å². The van der Waals surface area contributed by atoms with E-state index in [1.807, 2.05) is 0 Å². The van der Waals surface area contributed by atoms with Gasteiger partial charge in [0.15, 0.2) is 0 Å². The average Bonchev–Trinajstić information content (AvgIpc) is 2.99. The fourth-order valence-corrected chi connectivity index (χ4v) is 3.66. The highest BCUT2D eigenvalue weighted by atomic mass is 16.3. The topological polar surface area (TPSA) is 75.4 Å². The maximum absolute atomic E-state index is 12.7. The van der Waals surface area contributed by atoms with Gasteiger partial charge in [0.05, 0.1) is 11.8 Å². The summed E-state index contributed by atoms with van der Waals surface area (Å²) >= 11 is 0. The number of amides is 1. The number of carbonyl (C=O) groups is 1. The number of carbonyl (C=O) groups excluding carboxylic acids is 1. The average molecular weight is 291 g/mol. The summed E-state index contributed by atoms with van der Waals surface area (Å²) in [6.45, 7) is 4.76. The standard InChI is InChI=1S/C15H21N3O3/c1-8-9(2)16-17(3)14(20)13(8)15(21)18-6-10-4-5-12(19)11(10)7-18/h10-12,19H,4-7H2,1-3H3. The monoisotopic (exact) mass is 291 g/mol. The van der Waals surface area contributed by atoms with Crippen LogP contribution >= 0.6 is 0 Å². The summed E-state index contributed by atoms with van der Waals surface area (Å²) in [5, 5.41) is 14.1. The lowest BCUT2D eigenvalue weighted by atomic mass is 10.00. The van der Waals surface area contributed by atoms with Gasteiger partial charge < -0.3 is 10.0 Å². The van der Waals surface area contributed by atoms with E-state index >= 15 is 0 Å². The van der Waals surface area contributed by atoms with Gasteiger partial charge in [-0.1, -0.05) is 0 Å². The van der Waals surface area contributed by atoms with Crippen molar-refractivity contribution in [1.82, 2.24) is 14.7 Å². The molecule has 1 amide bonds. The molecule has 1 saturated heterocycles. The molecule has 1 aliphatic heterocycles. The Morgan fingerprint density at radius 2 is 2.00 bits per heavy atom. The van der Waals surface area contributed by atoms with Gasteiger partial charge in [-0.2, -0.15) is 5.10 Å². The number of aromatic nitrogens is 2. The molecule has 0 spiro atoms. The summed E-state index contributed by atoms with van der Waals surface area (Å²) in [7, 11) is 1.56. The van der Waals surface area contributed by atoms with Gasteiger partial charge in [-0.05, 0) is 38.2 Å². The van der Waals surface area contributed by atoms with Crippen LogP contribution in [0.25, 0.3) is 0 Å². The third-order valence-electron chi connectivity index (χ3n) is 5.05. The highest BCUT2D eigenvalue weighted by molar-refractivity contribution is 5.95. The van der Waals surface area contributed by atoms with Crippen LogP contribution in [0.1, 0.15) is 34.5 Å². The second-order valence-electron chi connectivity index (χ2n) is 6.29. The third kappa shape index (κ3) is 2.18. The molecule has 0 radical (unpaired) electrons. The molecular formula is C15H21N3O3. The van der Waals surface area contributed by atoms with E-state index in [4.69, 9.17) is 0 Å². The second-order valence-corrected chi connectivity index (χ2v) is 6.29. The van der Waals surface area contributed by atoms with Gasteiger partial charge in [0, 0.05) is 26.1 Å². The molecule has 0 aromatic carbocycles. The number of hydrogen-bond acceptors (Lipinski definition) is 4. The molecule has 2 heterocycles. The minimum Gasteiger partial charge on any atom is -0.393 e. The van der Waals surface area contributed by atoms with Crippen LogP contribution in [0.2, 0.25) is 0 Å². The van der Waals surface area contributed by atoms with Gasteiger partial charge in [-0.3, -0.25) is 9.59 Å². The van der Waals surface area contributed by atoms with Gasteiger partial charge >= 0.3 is 0 Å². The summed E-state index contributed by atoms with van der Waals surface area (Å²) in [6.07, 6.45) is 1.48. The quantitative estimate of drug-likeness (QED) is 0.804. The van der Waals surface area contributed by atoms with E-state index in [2.05, 4.69) is 5.10 Å². The molecule has 21 heavy (non-hydrogen) atoms. The van der Waals surface area contributed by atoms with Crippen molar-refractivity contribution in [2.45, 2.75) is 32.8 Å². The molecule has 3 unspecified atom stereocenters. The molecule has 3 atom stereocenters. The van der Waals surface area contributed by atoms with Crippen molar-refractivity contribution in [3.63, 3.8) is 0 Å². The van der Waals surface area contributed by atoms with Gasteiger partial charge in [-0.25, -0.2) is 4.68 Å². The van der Waals surface area contributed by atoms with Gasteiger partial charge in [0.1, 0.15) is 5.56 Å². The highest BCUT2D eigenvalue weighted by Crippen LogP contribution is 2.38. The molecule has 1 saturated carbocycles. The Morgan fingerprint density at radius 1 is 1.29 bits per heavy atom. The Morgan fingerprint density at radius 3 is 2.67 bits per heavy atom. The fraction of sp³-hybridized carbons (Fsp3) is 0.667. The predicted octanol–water partition coefficient (Wildman–Crippen LogP) is 0.240. The van der Waals surface area contributed by atoms with Crippen molar-refractivity contribution in [3.8, 4) is 0 Å². The van der Waals surface area contributed by atoms with Crippen molar-refractivity contribution in [1.29, 1.82) is 0 Å². The number of likely N-dealkylation sites (tertiary alicyclic amines) is 1. The van der Waals surface area contributed by atoms with E-state index in [1.165, 1.54) is 4.68 Å². The van der Waals surface area contributed by atoms with Crippen molar-refractivity contribution >= 4 is 5.91 Å². The molecule has 2 aliphatic rings. The Balaban J connectivity index is 1.92. The zero-order valence-corrected chi connectivity index (χ0v) is 12.7. The van der Waals surface area contributed by atoms with E-state index in [1.54, 1.807) is 25.8 Å². The number of fused-ring (bicyclic) bond motifs is 1. The SMILES string of the molecule is Cc1nn(C)c(=O)c(C(=O)N2CC3CCC(O)C3C2)c1C. The molecule has 1 aromatic rings. The maximum atomic E-state index is 12.7. The zero-order chi connectivity index (χ0) is 15.3. The Kier molecular flexibility index (Phi) is 3.36. The van der Waals surface area contributed by atoms with Crippen LogP contribution in [0.4, 0.5) is 0 Å². The molecule has 114 valence electrons. The van der Waals surface area contributed by atoms with Crippen LogP contribution in [0.5, 0.6) is 0 Å². The lowest BCUT2D eigenvalue weighted by Crippen LogP contribution is -2.38. The molecule has 1 N–H and O–H groups in total. The Bertz CT molecular complexity index is 652. The van der Waals surface area contributed by atoms with E-state index < -0.39 is 0 Å². The van der Waals surface area contributed by atoms with Crippen LogP contribution in [0, 0.1) is 25.7 Å². The highest BCUT2D eigenvalue weighted by Gasteiger charge is 2.44. The minimum atomic E-state index is -0.347. The zero-order valence-electron chi connectivity index (χ0n) is 12.7. The fourth-order valence-electron chi connectivity index (χ4n) is 3.66. The predicted molar refractivity (Wildman–Crippen MR) is 77.1 cm³/mol. The summed E-state index contributed by atoms with van der Waals surface area (Å²) in [5.41, 5.74) is 1.22. The van der Waals surface area contributed by atoms with Crippen LogP contribution < -0.4 is 5.56 Å². The lowest BCUT2D eigenvalue weighted by molar-refractivity contribution is 0.0748. The molecule has 1 aromatic heterocycles. The lowest BCUT2D eigenvalue weighted by Gasteiger charge is -2.19.